The van der Waals surface area contributed by atoms with Crippen molar-refractivity contribution in [2.75, 3.05) is 28.0 Å². The summed E-state index contributed by atoms with van der Waals surface area (Å²) in [7, 11) is 7.28. The average molecular weight is 593 g/mol. The molecule has 1 aliphatic carbocycles. The van der Waals surface area contributed by atoms with Crippen LogP contribution in [0.4, 0.5) is 0 Å². The van der Waals surface area contributed by atoms with Crippen molar-refractivity contribution in [3.05, 3.63) is 108 Å². The van der Waals surface area contributed by atoms with Crippen LogP contribution in [0.1, 0.15) is 59.9 Å². The van der Waals surface area contributed by atoms with Crippen LogP contribution in [0.3, 0.4) is 0 Å². The Bertz CT molecular complexity index is 1390. The van der Waals surface area contributed by atoms with Crippen molar-refractivity contribution in [2.45, 2.75) is 43.8 Å². The van der Waals surface area contributed by atoms with Gasteiger partial charge in [0.1, 0.15) is 28.6 Å². The van der Waals surface area contributed by atoms with Crippen LogP contribution in [-0.2, 0) is 11.2 Å². The summed E-state index contributed by atoms with van der Waals surface area (Å²) in [5, 5.41) is 12.3. The minimum atomic E-state index is -1.25. The number of aldehydes is 1. The number of carbonyl (C=O) groups is 1. The SMILES string of the molecule is CC.COc1ccc(C23Oc4cc(OC)cc(OC)c4C2(O)CCC3c2ccccc2)cc1.CP.O=Cc1ccco1. The van der Waals surface area contributed by atoms with Gasteiger partial charge in [0, 0.05) is 18.1 Å². The minimum absolute atomic E-state index is 0.0461. The van der Waals surface area contributed by atoms with E-state index < -0.39 is 11.2 Å². The lowest BCUT2D eigenvalue weighted by Gasteiger charge is -2.40. The number of fused-ring (bicyclic) bond motifs is 3. The summed E-state index contributed by atoms with van der Waals surface area (Å²) in [6.07, 6.45) is 3.46. The summed E-state index contributed by atoms with van der Waals surface area (Å²) in [6.45, 7) is 5.92. The molecule has 0 amide bonds. The van der Waals surface area contributed by atoms with E-state index in [9.17, 15) is 9.90 Å². The molecule has 1 fully saturated rings. The zero-order valence-corrected chi connectivity index (χ0v) is 26.3. The van der Waals surface area contributed by atoms with E-state index in [1.807, 2.05) is 69.0 Å². The highest BCUT2D eigenvalue weighted by molar-refractivity contribution is 7.15. The minimum Gasteiger partial charge on any atom is -0.497 e. The molecule has 3 aromatic carbocycles. The number of carbonyl (C=O) groups excluding carboxylic acids is 1. The predicted molar refractivity (Wildman–Crippen MR) is 168 cm³/mol. The number of benzene rings is 3. The first-order valence-electron chi connectivity index (χ1n) is 13.9. The zero-order valence-electron chi connectivity index (χ0n) is 25.1. The van der Waals surface area contributed by atoms with Crippen molar-refractivity contribution >= 4 is 15.5 Å². The average Bonchev–Trinajstić information content (AvgIpc) is 3.76. The third-order valence-electron chi connectivity index (χ3n) is 7.46. The van der Waals surface area contributed by atoms with Crippen molar-refractivity contribution in [2.24, 2.45) is 0 Å². The molecule has 1 saturated carbocycles. The standard InChI is InChI=1S/C26H26O5.C5H4O2.C2H6.CH5P/c1-28-19-11-9-18(10-12-19)26-21(17-7-5-4-6-8-17)13-14-25(26,27)24-22(30-3)15-20(29-2)16-23(24)31-26;6-4-5-2-1-3-7-5;2*1-2/h4-12,15-16,21,27H,13-14H2,1-3H3;1-4H;1-2H3;2H2,1H3. The van der Waals surface area contributed by atoms with Gasteiger partial charge >= 0.3 is 0 Å². The lowest BCUT2D eigenvalue weighted by Crippen LogP contribution is -2.48. The Balaban J connectivity index is 0.000000377. The first-order chi connectivity index (χ1) is 20.5. The van der Waals surface area contributed by atoms with Gasteiger partial charge in [-0.1, -0.05) is 63.0 Å². The second-order valence-corrected chi connectivity index (χ2v) is 9.26. The van der Waals surface area contributed by atoms with Crippen LogP contribution in [0.2, 0.25) is 0 Å². The summed E-state index contributed by atoms with van der Waals surface area (Å²) in [6, 6.07) is 25.0. The van der Waals surface area contributed by atoms with Crippen LogP contribution in [-0.4, -0.2) is 39.4 Å². The Morgan fingerprint density at radius 1 is 0.881 bits per heavy atom. The molecule has 1 aliphatic heterocycles. The predicted octanol–water partition coefficient (Wildman–Crippen LogP) is 7.38. The molecule has 4 unspecified atom stereocenters. The monoisotopic (exact) mass is 592 g/mol. The van der Waals surface area contributed by atoms with E-state index in [1.54, 1.807) is 39.5 Å². The second kappa shape index (κ2) is 14.9. The fourth-order valence-electron chi connectivity index (χ4n) is 5.79. The Morgan fingerprint density at radius 2 is 1.55 bits per heavy atom. The fourth-order valence-corrected chi connectivity index (χ4v) is 5.79. The van der Waals surface area contributed by atoms with Crippen molar-refractivity contribution in [1.82, 2.24) is 0 Å². The van der Waals surface area contributed by atoms with E-state index in [1.165, 1.54) is 6.26 Å². The number of ether oxygens (including phenoxy) is 4. The highest BCUT2D eigenvalue weighted by atomic mass is 31.0. The molecule has 4 aromatic rings. The first kappa shape index (κ1) is 32.7. The van der Waals surface area contributed by atoms with Crippen LogP contribution in [0.15, 0.2) is 89.5 Å². The third-order valence-corrected chi connectivity index (χ3v) is 7.46. The molecule has 42 heavy (non-hydrogen) atoms. The quantitative estimate of drug-likeness (QED) is 0.185. The Hall–Kier alpha value is -3.80. The van der Waals surface area contributed by atoms with Crippen LogP contribution in [0.5, 0.6) is 23.0 Å². The van der Waals surface area contributed by atoms with Gasteiger partial charge in [-0.3, -0.25) is 4.79 Å². The molecule has 1 aromatic heterocycles. The number of rotatable bonds is 6. The van der Waals surface area contributed by atoms with Gasteiger partial charge in [-0.05, 0) is 48.2 Å². The zero-order chi connectivity index (χ0) is 30.8. The van der Waals surface area contributed by atoms with Crippen molar-refractivity contribution in [3.8, 4) is 23.0 Å². The van der Waals surface area contributed by atoms with E-state index in [2.05, 4.69) is 25.8 Å². The molecule has 0 radical (unpaired) electrons. The smallest absolute Gasteiger partial charge is 0.185 e. The largest absolute Gasteiger partial charge is 0.497 e. The Kier molecular flexibility index (Phi) is 11.6. The maximum atomic E-state index is 12.3. The highest BCUT2D eigenvalue weighted by Crippen LogP contribution is 2.68. The maximum absolute atomic E-state index is 12.3. The lowest BCUT2D eigenvalue weighted by atomic mass is 9.71. The molecular formula is C34H41O7P. The number of hydrogen-bond acceptors (Lipinski definition) is 7. The fraction of sp³-hybridized carbons (Fsp3) is 0.324. The van der Waals surface area contributed by atoms with E-state index in [4.69, 9.17) is 18.9 Å². The molecule has 7 nitrogen and oxygen atoms in total. The van der Waals surface area contributed by atoms with Crippen molar-refractivity contribution in [1.29, 1.82) is 0 Å². The Labute approximate surface area is 251 Å². The summed E-state index contributed by atoms with van der Waals surface area (Å²) in [4.78, 5) is 9.77. The molecule has 6 rings (SSSR count). The first-order valence-corrected chi connectivity index (χ1v) is 15.1. The maximum Gasteiger partial charge on any atom is 0.185 e. The summed E-state index contributed by atoms with van der Waals surface area (Å²) in [5.41, 5.74) is 0.467. The molecule has 0 spiro atoms. The van der Waals surface area contributed by atoms with Gasteiger partial charge in [0.2, 0.25) is 0 Å². The number of hydrogen-bond donors (Lipinski definition) is 1. The number of methoxy groups -OCH3 is 3. The molecule has 0 bridgehead atoms. The van der Waals surface area contributed by atoms with Crippen molar-refractivity contribution in [3.63, 3.8) is 0 Å². The Morgan fingerprint density at radius 3 is 2.07 bits per heavy atom. The summed E-state index contributed by atoms with van der Waals surface area (Å²) < 4.78 is 27.9. The highest BCUT2D eigenvalue weighted by Gasteiger charge is 2.69. The van der Waals surface area contributed by atoms with Gasteiger partial charge in [0.15, 0.2) is 17.6 Å². The van der Waals surface area contributed by atoms with Gasteiger partial charge in [0.25, 0.3) is 0 Å². The van der Waals surface area contributed by atoms with Crippen LogP contribution in [0.25, 0.3) is 0 Å². The summed E-state index contributed by atoms with van der Waals surface area (Å²) in [5.74, 6) is 2.87. The molecule has 2 aliphatic rings. The molecule has 224 valence electrons. The van der Waals surface area contributed by atoms with Crippen LogP contribution < -0.4 is 18.9 Å². The van der Waals surface area contributed by atoms with Crippen LogP contribution >= 0.6 is 9.24 Å². The van der Waals surface area contributed by atoms with Crippen molar-refractivity contribution < 1.29 is 33.3 Å². The van der Waals surface area contributed by atoms with Gasteiger partial charge < -0.3 is 28.5 Å². The normalized spacial score (nSPS) is 20.9. The van der Waals surface area contributed by atoms with E-state index in [0.717, 1.165) is 23.3 Å². The van der Waals surface area contributed by atoms with Gasteiger partial charge in [-0.25, -0.2) is 0 Å². The molecule has 8 heteroatoms. The van der Waals surface area contributed by atoms with E-state index in [-0.39, 0.29) is 5.92 Å². The molecule has 0 saturated heterocycles. The molecule has 1 N–H and O–H groups in total. The summed E-state index contributed by atoms with van der Waals surface area (Å²) >= 11 is 0. The number of furan rings is 1. The van der Waals surface area contributed by atoms with Gasteiger partial charge in [-0.15, -0.1) is 9.24 Å². The third kappa shape index (κ3) is 5.90. The number of aliphatic hydroxyl groups is 1. The lowest BCUT2D eigenvalue weighted by molar-refractivity contribution is -0.106. The molecule has 4 atom stereocenters. The van der Waals surface area contributed by atoms with Gasteiger partial charge in [0.05, 0.1) is 33.2 Å². The van der Waals surface area contributed by atoms with Gasteiger partial charge in [-0.2, -0.15) is 0 Å². The second-order valence-electron chi connectivity index (χ2n) is 9.26. The molecular weight excluding hydrogens is 551 g/mol. The molecule has 2 heterocycles. The van der Waals surface area contributed by atoms with E-state index in [0.29, 0.717) is 41.3 Å². The van der Waals surface area contributed by atoms with Crippen LogP contribution in [0, 0.1) is 0 Å². The van der Waals surface area contributed by atoms with E-state index >= 15 is 0 Å². The topological polar surface area (TPSA) is 87.4 Å².